The Bertz CT molecular complexity index is 581. The Balaban J connectivity index is 2.23. The fraction of sp³-hybridized carbons (Fsp3) is 0.500. The fourth-order valence-electron chi connectivity index (χ4n) is 1.93. The maximum absolute atomic E-state index is 5.75. The zero-order valence-corrected chi connectivity index (χ0v) is 14.2. The van der Waals surface area contributed by atoms with Crippen LogP contribution in [-0.2, 0) is 12.0 Å². The van der Waals surface area contributed by atoms with E-state index < -0.39 is 0 Å². The van der Waals surface area contributed by atoms with Crippen molar-refractivity contribution in [3.8, 4) is 0 Å². The molecule has 114 valence electrons. The van der Waals surface area contributed by atoms with Crippen LogP contribution in [0.3, 0.4) is 0 Å². The molecule has 2 rings (SSSR count). The van der Waals surface area contributed by atoms with Crippen LogP contribution in [0.5, 0.6) is 0 Å². The van der Waals surface area contributed by atoms with Gasteiger partial charge in [0, 0.05) is 35.2 Å². The van der Waals surface area contributed by atoms with Gasteiger partial charge in [0.05, 0.1) is 0 Å². The SMILES string of the molecule is CC(C)N(Cc1ccc(N)cc1)c1nc(C(C)(C)C)ns1. The number of rotatable bonds is 4. The van der Waals surface area contributed by atoms with E-state index in [1.165, 1.54) is 17.1 Å². The Morgan fingerprint density at radius 2 is 1.81 bits per heavy atom. The van der Waals surface area contributed by atoms with E-state index in [1.807, 2.05) is 12.1 Å². The highest BCUT2D eigenvalue weighted by atomic mass is 32.1. The first kappa shape index (κ1) is 15.8. The Hall–Kier alpha value is -1.62. The van der Waals surface area contributed by atoms with Crippen LogP contribution in [0.15, 0.2) is 24.3 Å². The minimum Gasteiger partial charge on any atom is -0.399 e. The van der Waals surface area contributed by atoms with Gasteiger partial charge in [0.2, 0.25) is 5.13 Å². The number of nitrogens with two attached hydrogens (primary N) is 1. The van der Waals surface area contributed by atoms with Gasteiger partial charge < -0.3 is 10.6 Å². The molecule has 0 radical (unpaired) electrons. The molecule has 0 saturated carbocycles. The number of nitrogen functional groups attached to an aromatic ring is 1. The minimum atomic E-state index is -0.0153. The zero-order valence-electron chi connectivity index (χ0n) is 13.4. The van der Waals surface area contributed by atoms with Gasteiger partial charge in [-0.2, -0.15) is 4.37 Å². The summed E-state index contributed by atoms with van der Waals surface area (Å²) in [5.41, 5.74) is 7.75. The van der Waals surface area contributed by atoms with Gasteiger partial charge in [0.15, 0.2) is 0 Å². The maximum Gasteiger partial charge on any atom is 0.205 e. The van der Waals surface area contributed by atoms with Crippen molar-refractivity contribution in [2.75, 3.05) is 10.6 Å². The summed E-state index contributed by atoms with van der Waals surface area (Å²) in [6.07, 6.45) is 0. The summed E-state index contributed by atoms with van der Waals surface area (Å²) >= 11 is 1.48. The van der Waals surface area contributed by atoms with Crippen molar-refractivity contribution in [3.63, 3.8) is 0 Å². The van der Waals surface area contributed by atoms with Gasteiger partial charge in [-0.15, -0.1) is 0 Å². The van der Waals surface area contributed by atoms with E-state index in [9.17, 15) is 0 Å². The summed E-state index contributed by atoms with van der Waals surface area (Å²) in [6, 6.07) is 8.37. The number of anilines is 2. The van der Waals surface area contributed by atoms with Crippen LogP contribution in [0.1, 0.15) is 46.0 Å². The van der Waals surface area contributed by atoms with E-state index in [4.69, 9.17) is 10.7 Å². The summed E-state index contributed by atoms with van der Waals surface area (Å²) in [7, 11) is 0. The second kappa shape index (κ2) is 6.02. The molecule has 1 aromatic heterocycles. The van der Waals surface area contributed by atoms with Crippen LogP contribution in [0.2, 0.25) is 0 Å². The average Bonchev–Trinajstić information content (AvgIpc) is 2.87. The van der Waals surface area contributed by atoms with Crippen molar-refractivity contribution in [3.05, 3.63) is 35.7 Å². The number of benzene rings is 1. The van der Waals surface area contributed by atoms with Crippen molar-refractivity contribution < 1.29 is 0 Å². The highest BCUT2D eigenvalue weighted by Gasteiger charge is 2.22. The molecule has 0 aliphatic carbocycles. The number of hydrogen-bond donors (Lipinski definition) is 1. The third kappa shape index (κ3) is 3.94. The van der Waals surface area contributed by atoms with Crippen LogP contribution in [0.25, 0.3) is 0 Å². The molecule has 0 atom stereocenters. The van der Waals surface area contributed by atoms with Crippen molar-refractivity contribution in [1.29, 1.82) is 0 Å². The van der Waals surface area contributed by atoms with E-state index in [1.54, 1.807) is 0 Å². The molecule has 2 aromatic rings. The molecule has 4 nitrogen and oxygen atoms in total. The molecule has 2 N–H and O–H groups in total. The fourth-order valence-corrected chi connectivity index (χ4v) is 2.92. The molecule has 0 aliphatic heterocycles. The van der Waals surface area contributed by atoms with E-state index in [2.05, 4.69) is 56.0 Å². The van der Waals surface area contributed by atoms with Gasteiger partial charge in [-0.05, 0) is 31.5 Å². The van der Waals surface area contributed by atoms with Gasteiger partial charge >= 0.3 is 0 Å². The summed E-state index contributed by atoms with van der Waals surface area (Å²) in [6.45, 7) is 11.6. The van der Waals surface area contributed by atoms with E-state index >= 15 is 0 Å². The lowest BCUT2D eigenvalue weighted by Gasteiger charge is -2.26. The summed E-state index contributed by atoms with van der Waals surface area (Å²) in [5, 5.41) is 0.978. The van der Waals surface area contributed by atoms with Crippen LogP contribution >= 0.6 is 11.5 Å². The summed E-state index contributed by atoms with van der Waals surface area (Å²) < 4.78 is 4.52. The van der Waals surface area contributed by atoms with Gasteiger partial charge in [-0.25, -0.2) is 4.98 Å². The van der Waals surface area contributed by atoms with Crippen molar-refractivity contribution in [2.45, 2.75) is 52.6 Å². The Labute approximate surface area is 131 Å². The summed E-state index contributed by atoms with van der Waals surface area (Å²) in [4.78, 5) is 7.00. The molecule has 0 bridgehead atoms. The van der Waals surface area contributed by atoms with Gasteiger partial charge in [-0.1, -0.05) is 32.9 Å². The lowest BCUT2D eigenvalue weighted by Crippen LogP contribution is -2.30. The number of hydrogen-bond acceptors (Lipinski definition) is 5. The van der Waals surface area contributed by atoms with Gasteiger partial charge in [0.25, 0.3) is 0 Å². The van der Waals surface area contributed by atoms with Gasteiger partial charge in [-0.3, -0.25) is 0 Å². The molecule has 0 fully saturated rings. The topological polar surface area (TPSA) is 55.0 Å². The Morgan fingerprint density at radius 3 is 2.29 bits per heavy atom. The van der Waals surface area contributed by atoms with Crippen molar-refractivity contribution in [2.24, 2.45) is 0 Å². The lowest BCUT2D eigenvalue weighted by molar-refractivity contribution is 0.552. The van der Waals surface area contributed by atoms with Gasteiger partial charge in [0.1, 0.15) is 5.82 Å². The maximum atomic E-state index is 5.75. The molecule has 0 saturated heterocycles. The number of aromatic nitrogens is 2. The minimum absolute atomic E-state index is 0.0153. The van der Waals surface area contributed by atoms with Crippen LogP contribution < -0.4 is 10.6 Å². The van der Waals surface area contributed by atoms with E-state index in [-0.39, 0.29) is 5.41 Å². The van der Waals surface area contributed by atoms with E-state index in [0.29, 0.717) is 6.04 Å². The molecular formula is C16H24N4S. The highest BCUT2D eigenvalue weighted by Crippen LogP contribution is 2.27. The van der Waals surface area contributed by atoms with Crippen LogP contribution in [-0.4, -0.2) is 15.4 Å². The second-order valence-electron chi connectivity index (χ2n) is 6.61. The molecule has 21 heavy (non-hydrogen) atoms. The van der Waals surface area contributed by atoms with E-state index in [0.717, 1.165) is 23.2 Å². The monoisotopic (exact) mass is 304 g/mol. The Morgan fingerprint density at radius 1 is 1.19 bits per heavy atom. The molecule has 5 heteroatoms. The molecular weight excluding hydrogens is 280 g/mol. The first-order valence-electron chi connectivity index (χ1n) is 7.22. The average molecular weight is 304 g/mol. The standard InChI is InChI=1S/C16H24N4S/c1-11(2)20(10-12-6-8-13(17)9-7-12)15-18-14(19-21-15)16(3,4)5/h6-9,11H,10,17H2,1-5H3. The first-order chi connectivity index (χ1) is 9.77. The molecule has 1 heterocycles. The quantitative estimate of drug-likeness (QED) is 0.872. The smallest absolute Gasteiger partial charge is 0.205 e. The number of nitrogens with zero attached hydrogens (tertiary/aromatic N) is 3. The van der Waals surface area contributed by atoms with Crippen molar-refractivity contribution in [1.82, 2.24) is 9.36 Å². The zero-order chi connectivity index (χ0) is 15.6. The molecule has 0 amide bonds. The molecule has 0 unspecified atom stereocenters. The molecule has 1 aromatic carbocycles. The predicted molar refractivity (Wildman–Crippen MR) is 90.8 cm³/mol. The first-order valence-corrected chi connectivity index (χ1v) is 8.00. The second-order valence-corrected chi connectivity index (χ2v) is 7.34. The van der Waals surface area contributed by atoms with Crippen LogP contribution in [0, 0.1) is 0 Å². The molecule has 0 aliphatic rings. The predicted octanol–water partition coefficient (Wildman–Crippen LogP) is 3.83. The lowest BCUT2D eigenvalue weighted by atomic mass is 9.96. The largest absolute Gasteiger partial charge is 0.399 e. The third-order valence-corrected chi connectivity index (χ3v) is 4.04. The highest BCUT2D eigenvalue weighted by molar-refractivity contribution is 7.09. The normalized spacial score (nSPS) is 11.9. The Kier molecular flexibility index (Phi) is 4.52. The molecule has 0 spiro atoms. The third-order valence-electron chi connectivity index (χ3n) is 3.29. The van der Waals surface area contributed by atoms with Crippen LogP contribution in [0.4, 0.5) is 10.8 Å². The summed E-state index contributed by atoms with van der Waals surface area (Å²) in [5.74, 6) is 0.908. The van der Waals surface area contributed by atoms with Crippen molar-refractivity contribution >= 4 is 22.4 Å².